The molecule has 0 unspecified atom stereocenters. The number of hydrogen-bond acceptors (Lipinski definition) is 2. The summed E-state index contributed by atoms with van der Waals surface area (Å²) in [5.74, 6) is 0. The Morgan fingerprint density at radius 1 is 1.73 bits per heavy atom. The lowest BCUT2D eigenvalue weighted by molar-refractivity contribution is 0.139. The predicted molar refractivity (Wildman–Crippen MR) is 51.0 cm³/mol. The molecule has 0 aromatic carbocycles. The molecule has 11 heavy (non-hydrogen) atoms. The van der Waals surface area contributed by atoms with Crippen LogP contribution in [0.1, 0.15) is 19.3 Å². The topological polar surface area (TPSA) is 38.3 Å². The van der Waals surface area contributed by atoms with Gasteiger partial charge in [0.25, 0.3) is 0 Å². The Bertz CT molecular complexity index is 151. The molecular weight excluding hydrogens is 257 g/mol. The van der Waals surface area contributed by atoms with Gasteiger partial charge in [0, 0.05) is 4.43 Å². The van der Waals surface area contributed by atoms with Gasteiger partial charge in [0.05, 0.1) is 12.6 Å². The van der Waals surface area contributed by atoms with Crippen molar-refractivity contribution >= 4 is 28.7 Å². The lowest BCUT2D eigenvalue weighted by Gasteiger charge is -2.40. The maximum absolute atomic E-state index is 10.8. The number of carbonyl (C=O) groups is 1. The number of ether oxygens (including phenoxy) is 1. The summed E-state index contributed by atoms with van der Waals surface area (Å²) >= 11 is 2.30. The number of hydrogen-bond donors (Lipinski definition) is 1. The smallest absolute Gasteiger partial charge is 0.407 e. The summed E-state index contributed by atoms with van der Waals surface area (Å²) in [6.45, 7) is 0. The SMILES string of the molecule is COC(=O)NC1(CI)CCC1. The molecule has 0 aliphatic heterocycles. The van der Waals surface area contributed by atoms with Gasteiger partial charge in [-0.3, -0.25) is 0 Å². The van der Waals surface area contributed by atoms with Crippen LogP contribution >= 0.6 is 22.6 Å². The van der Waals surface area contributed by atoms with Crippen molar-refractivity contribution in [3.63, 3.8) is 0 Å². The molecule has 1 amide bonds. The number of carbonyl (C=O) groups excluding carboxylic acids is 1. The molecule has 1 aliphatic carbocycles. The van der Waals surface area contributed by atoms with Crippen LogP contribution in [-0.4, -0.2) is 23.2 Å². The van der Waals surface area contributed by atoms with E-state index in [-0.39, 0.29) is 11.6 Å². The van der Waals surface area contributed by atoms with E-state index in [1.54, 1.807) is 0 Å². The summed E-state index contributed by atoms with van der Waals surface area (Å²) in [6, 6.07) is 0. The molecule has 0 radical (unpaired) electrons. The number of methoxy groups -OCH3 is 1. The highest BCUT2D eigenvalue weighted by Crippen LogP contribution is 2.33. The molecule has 0 saturated heterocycles. The summed E-state index contributed by atoms with van der Waals surface area (Å²) in [4.78, 5) is 10.8. The molecule has 0 atom stereocenters. The number of halogens is 1. The normalized spacial score (nSPS) is 20.2. The first-order chi connectivity index (χ1) is 5.22. The highest BCUT2D eigenvalue weighted by atomic mass is 127. The summed E-state index contributed by atoms with van der Waals surface area (Å²) in [7, 11) is 1.40. The second-order valence-corrected chi connectivity index (χ2v) is 3.65. The van der Waals surface area contributed by atoms with Crippen molar-refractivity contribution in [2.75, 3.05) is 11.5 Å². The van der Waals surface area contributed by atoms with Gasteiger partial charge >= 0.3 is 6.09 Å². The number of alkyl halides is 1. The molecule has 0 heterocycles. The van der Waals surface area contributed by atoms with Crippen LogP contribution in [0, 0.1) is 0 Å². The summed E-state index contributed by atoms with van der Waals surface area (Å²) in [5.41, 5.74) is 0.0493. The molecule has 1 N–H and O–H groups in total. The molecule has 3 nitrogen and oxygen atoms in total. The number of amides is 1. The van der Waals surface area contributed by atoms with Crippen molar-refractivity contribution in [2.45, 2.75) is 24.8 Å². The van der Waals surface area contributed by atoms with Gasteiger partial charge in [0.15, 0.2) is 0 Å². The van der Waals surface area contributed by atoms with E-state index in [1.165, 1.54) is 13.5 Å². The van der Waals surface area contributed by atoms with Gasteiger partial charge in [-0.1, -0.05) is 22.6 Å². The zero-order chi connectivity index (χ0) is 8.32. The van der Waals surface area contributed by atoms with Crippen molar-refractivity contribution in [1.82, 2.24) is 5.32 Å². The third-order valence-electron chi connectivity index (χ3n) is 2.12. The fraction of sp³-hybridized carbons (Fsp3) is 0.857. The Morgan fingerprint density at radius 3 is 2.64 bits per heavy atom. The minimum Gasteiger partial charge on any atom is -0.453 e. The minimum atomic E-state index is -0.304. The van der Waals surface area contributed by atoms with E-state index in [2.05, 4.69) is 32.6 Å². The highest BCUT2D eigenvalue weighted by molar-refractivity contribution is 14.1. The Morgan fingerprint density at radius 2 is 2.36 bits per heavy atom. The monoisotopic (exact) mass is 269 g/mol. The van der Waals surface area contributed by atoms with Crippen molar-refractivity contribution in [2.24, 2.45) is 0 Å². The standard InChI is InChI=1S/C7H12INO2/c1-11-6(10)9-7(5-8)3-2-4-7/h2-5H2,1H3,(H,9,10). The quantitative estimate of drug-likeness (QED) is 0.612. The molecule has 0 bridgehead atoms. The first kappa shape index (κ1) is 9.09. The molecule has 1 fully saturated rings. The van der Waals surface area contributed by atoms with Crippen LogP contribution in [0.15, 0.2) is 0 Å². The van der Waals surface area contributed by atoms with E-state index < -0.39 is 0 Å². The zero-order valence-electron chi connectivity index (χ0n) is 6.52. The van der Waals surface area contributed by atoms with Crippen molar-refractivity contribution in [3.8, 4) is 0 Å². The van der Waals surface area contributed by atoms with Gasteiger partial charge in [0.2, 0.25) is 0 Å². The molecule has 1 rings (SSSR count). The van der Waals surface area contributed by atoms with E-state index in [9.17, 15) is 4.79 Å². The summed E-state index contributed by atoms with van der Waals surface area (Å²) in [6.07, 6.45) is 3.09. The first-order valence-electron chi connectivity index (χ1n) is 3.64. The van der Waals surface area contributed by atoms with Crippen LogP contribution < -0.4 is 5.32 Å². The molecule has 4 heteroatoms. The molecule has 0 aromatic heterocycles. The number of rotatable bonds is 2. The van der Waals surface area contributed by atoms with Crippen LogP contribution in [0.2, 0.25) is 0 Å². The van der Waals surface area contributed by atoms with Crippen LogP contribution in [-0.2, 0) is 4.74 Å². The minimum absolute atomic E-state index is 0.0493. The fourth-order valence-corrected chi connectivity index (χ4v) is 2.12. The highest BCUT2D eigenvalue weighted by Gasteiger charge is 2.37. The third-order valence-corrected chi connectivity index (χ3v) is 3.58. The summed E-state index contributed by atoms with van der Waals surface area (Å²) < 4.78 is 5.50. The Kier molecular flexibility index (Phi) is 2.98. The molecule has 64 valence electrons. The first-order valence-corrected chi connectivity index (χ1v) is 5.17. The fourth-order valence-electron chi connectivity index (χ4n) is 1.16. The van der Waals surface area contributed by atoms with Crippen LogP contribution in [0.5, 0.6) is 0 Å². The second-order valence-electron chi connectivity index (χ2n) is 2.88. The molecular formula is C7H12INO2. The number of alkyl carbamates (subject to hydrolysis) is 1. The molecule has 0 aromatic rings. The van der Waals surface area contributed by atoms with Gasteiger partial charge in [-0.15, -0.1) is 0 Å². The Labute approximate surface area is 80.0 Å². The van der Waals surface area contributed by atoms with Crippen molar-refractivity contribution in [1.29, 1.82) is 0 Å². The van der Waals surface area contributed by atoms with Crippen molar-refractivity contribution in [3.05, 3.63) is 0 Å². The van der Waals surface area contributed by atoms with Gasteiger partial charge in [-0.2, -0.15) is 0 Å². The largest absolute Gasteiger partial charge is 0.453 e. The Balaban J connectivity index is 2.38. The van der Waals surface area contributed by atoms with Gasteiger partial charge in [-0.05, 0) is 19.3 Å². The van der Waals surface area contributed by atoms with Crippen LogP contribution in [0.4, 0.5) is 4.79 Å². The van der Waals surface area contributed by atoms with E-state index >= 15 is 0 Å². The molecule has 0 spiro atoms. The number of nitrogens with one attached hydrogen (secondary N) is 1. The average Bonchev–Trinajstić information content (AvgIpc) is 1.96. The van der Waals surface area contributed by atoms with E-state index in [0.717, 1.165) is 17.3 Å². The maximum atomic E-state index is 10.8. The van der Waals surface area contributed by atoms with Gasteiger partial charge in [0.1, 0.15) is 0 Å². The molecule has 1 aliphatic rings. The maximum Gasteiger partial charge on any atom is 0.407 e. The predicted octanol–water partition coefficient (Wildman–Crippen LogP) is 1.70. The van der Waals surface area contributed by atoms with E-state index in [0.29, 0.717) is 0 Å². The van der Waals surface area contributed by atoms with Crippen LogP contribution in [0.3, 0.4) is 0 Å². The van der Waals surface area contributed by atoms with Crippen molar-refractivity contribution < 1.29 is 9.53 Å². The van der Waals surface area contributed by atoms with Gasteiger partial charge in [-0.25, -0.2) is 4.79 Å². The Hall–Kier alpha value is 0. The van der Waals surface area contributed by atoms with Crippen LogP contribution in [0.25, 0.3) is 0 Å². The van der Waals surface area contributed by atoms with Gasteiger partial charge < -0.3 is 10.1 Å². The zero-order valence-corrected chi connectivity index (χ0v) is 8.68. The summed E-state index contributed by atoms with van der Waals surface area (Å²) in [5, 5.41) is 2.86. The second kappa shape index (κ2) is 3.60. The van der Waals surface area contributed by atoms with E-state index in [1.807, 2.05) is 0 Å². The molecule has 1 saturated carbocycles. The third kappa shape index (κ3) is 1.98. The lowest BCUT2D eigenvalue weighted by Crippen LogP contribution is -2.54. The van der Waals surface area contributed by atoms with E-state index in [4.69, 9.17) is 0 Å². The lowest BCUT2D eigenvalue weighted by atomic mass is 9.79. The average molecular weight is 269 g/mol.